The van der Waals surface area contributed by atoms with E-state index in [4.69, 9.17) is 5.73 Å². The molecule has 2 rings (SSSR count). The molecule has 0 heterocycles. The zero-order valence-electron chi connectivity index (χ0n) is 10.8. The summed E-state index contributed by atoms with van der Waals surface area (Å²) >= 11 is 0. The van der Waals surface area contributed by atoms with E-state index in [9.17, 15) is 14.1 Å². The Morgan fingerprint density at radius 2 is 1.90 bits per heavy atom. The second kappa shape index (κ2) is 5.61. The van der Waals surface area contributed by atoms with Gasteiger partial charge in [0.1, 0.15) is 11.9 Å². The van der Waals surface area contributed by atoms with E-state index < -0.39 is 17.6 Å². The second-order valence-electron chi connectivity index (χ2n) is 4.44. The molecule has 0 amide bonds. The topological polar surface area (TPSA) is 72.5 Å². The van der Waals surface area contributed by atoms with E-state index in [1.165, 1.54) is 30.3 Å². The van der Waals surface area contributed by atoms with Crippen molar-refractivity contribution >= 4 is 11.5 Å². The molecule has 0 saturated carbocycles. The number of ketones is 1. The number of carbonyl (C=O) groups excluding carboxylic acids is 1. The van der Waals surface area contributed by atoms with Gasteiger partial charge in [-0.15, -0.1) is 0 Å². The summed E-state index contributed by atoms with van der Waals surface area (Å²) in [6.07, 6.45) is 0. The summed E-state index contributed by atoms with van der Waals surface area (Å²) < 4.78 is 13.7. The number of nitrogens with zero attached hydrogens (tertiary/aromatic N) is 1. The molecule has 1 atom stereocenters. The van der Waals surface area contributed by atoms with Crippen LogP contribution in [-0.4, -0.2) is 5.78 Å². The van der Waals surface area contributed by atoms with Gasteiger partial charge in [-0.2, -0.15) is 4.91 Å². The lowest BCUT2D eigenvalue weighted by Crippen LogP contribution is -2.08. The SMILES string of the molecule is CC(N=O)c1ccc(N)c(C(=O)c2ccccc2F)c1. The maximum Gasteiger partial charge on any atom is 0.198 e. The molecule has 1 unspecified atom stereocenters. The molecule has 2 aromatic carbocycles. The van der Waals surface area contributed by atoms with Gasteiger partial charge in [0.25, 0.3) is 0 Å². The third-order valence-corrected chi connectivity index (χ3v) is 3.08. The van der Waals surface area contributed by atoms with Crippen molar-refractivity contribution in [2.75, 3.05) is 5.73 Å². The smallest absolute Gasteiger partial charge is 0.198 e. The van der Waals surface area contributed by atoms with Gasteiger partial charge in [-0.05, 0) is 36.8 Å². The summed E-state index contributed by atoms with van der Waals surface area (Å²) in [5.41, 5.74) is 6.68. The van der Waals surface area contributed by atoms with Crippen molar-refractivity contribution < 1.29 is 9.18 Å². The first-order valence-electron chi connectivity index (χ1n) is 6.05. The van der Waals surface area contributed by atoms with Crippen molar-refractivity contribution in [1.82, 2.24) is 0 Å². The molecule has 0 spiro atoms. The van der Waals surface area contributed by atoms with E-state index in [2.05, 4.69) is 5.18 Å². The maximum absolute atomic E-state index is 13.7. The van der Waals surface area contributed by atoms with Crippen LogP contribution in [0, 0.1) is 10.7 Å². The van der Waals surface area contributed by atoms with E-state index in [1.54, 1.807) is 19.1 Å². The number of anilines is 1. The number of halogens is 1. The number of carbonyl (C=O) groups is 1. The highest BCUT2D eigenvalue weighted by molar-refractivity contribution is 6.12. The Morgan fingerprint density at radius 1 is 1.20 bits per heavy atom. The normalized spacial score (nSPS) is 11.9. The van der Waals surface area contributed by atoms with Crippen LogP contribution in [-0.2, 0) is 0 Å². The number of nitrogen functional groups attached to an aromatic ring is 1. The van der Waals surface area contributed by atoms with E-state index >= 15 is 0 Å². The minimum absolute atomic E-state index is 0.0527. The summed E-state index contributed by atoms with van der Waals surface area (Å²) in [6.45, 7) is 1.61. The van der Waals surface area contributed by atoms with Crippen LogP contribution in [0.2, 0.25) is 0 Å². The molecular formula is C15H13FN2O2. The van der Waals surface area contributed by atoms with Crippen molar-refractivity contribution in [1.29, 1.82) is 0 Å². The number of rotatable bonds is 4. The quantitative estimate of drug-likeness (QED) is 0.526. The van der Waals surface area contributed by atoms with Crippen LogP contribution < -0.4 is 5.73 Å². The minimum atomic E-state index is -0.608. The molecule has 0 aliphatic heterocycles. The summed E-state index contributed by atoms with van der Waals surface area (Å²) in [5, 5.41) is 2.90. The van der Waals surface area contributed by atoms with Gasteiger partial charge < -0.3 is 5.73 Å². The highest BCUT2D eigenvalue weighted by Gasteiger charge is 2.17. The zero-order chi connectivity index (χ0) is 14.7. The van der Waals surface area contributed by atoms with Gasteiger partial charge >= 0.3 is 0 Å². The Bertz CT molecular complexity index is 671. The Kier molecular flexibility index (Phi) is 3.89. The van der Waals surface area contributed by atoms with Crippen LogP contribution in [0.25, 0.3) is 0 Å². The van der Waals surface area contributed by atoms with Crippen LogP contribution in [0.1, 0.15) is 34.5 Å². The van der Waals surface area contributed by atoms with Crippen molar-refractivity contribution in [3.63, 3.8) is 0 Å². The molecular weight excluding hydrogens is 259 g/mol. The third-order valence-electron chi connectivity index (χ3n) is 3.08. The number of nitrogens with two attached hydrogens (primary N) is 1. The molecule has 2 aromatic rings. The fourth-order valence-electron chi connectivity index (χ4n) is 1.88. The molecule has 5 heteroatoms. The molecule has 0 aromatic heterocycles. The number of nitroso groups, excluding NO2 is 1. The first-order chi connectivity index (χ1) is 9.54. The fourth-order valence-corrected chi connectivity index (χ4v) is 1.88. The first-order valence-corrected chi connectivity index (χ1v) is 6.05. The summed E-state index contributed by atoms with van der Waals surface area (Å²) in [6, 6.07) is 9.72. The molecule has 0 bridgehead atoms. The molecule has 20 heavy (non-hydrogen) atoms. The van der Waals surface area contributed by atoms with Crippen molar-refractivity contribution in [3.05, 3.63) is 69.9 Å². The predicted molar refractivity (Wildman–Crippen MR) is 74.9 cm³/mol. The molecule has 0 fully saturated rings. The summed E-state index contributed by atoms with van der Waals surface area (Å²) in [5.74, 6) is -1.12. The van der Waals surface area contributed by atoms with E-state index in [0.29, 0.717) is 5.56 Å². The lowest BCUT2D eigenvalue weighted by Gasteiger charge is -2.09. The number of benzene rings is 2. The van der Waals surface area contributed by atoms with Crippen molar-refractivity contribution in [3.8, 4) is 0 Å². The first kappa shape index (κ1) is 13.9. The monoisotopic (exact) mass is 272 g/mol. The van der Waals surface area contributed by atoms with Gasteiger partial charge in [-0.1, -0.05) is 23.4 Å². The molecule has 0 aliphatic carbocycles. The molecule has 0 radical (unpaired) electrons. The standard InChI is InChI=1S/C15H13FN2O2/c1-9(18-20)10-6-7-14(17)12(8-10)15(19)11-4-2-3-5-13(11)16/h2-9H,17H2,1H3. The molecule has 102 valence electrons. The largest absolute Gasteiger partial charge is 0.398 e. The average molecular weight is 272 g/mol. The maximum atomic E-state index is 13.7. The Balaban J connectivity index is 2.49. The van der Waals surface area contributed by atoms with Gasteiger partial charge in [0.15, 0.2) is 5.78 Å². The van der Waals surface area contributed by atoms with E-state index in [-0.39, 0.29) is 16.8 Å². The fraction of sp³-hybridized carbons (Fsp3) is 0.133. The van der Waals surface area contributed by atoms with Crippen LogP contribution in [0.3, 0.4) is 0 Å². The second-order valence-corrected chi connectivity index (χ2v) is 4.44. The lowest BCUT2D eigenvalue weighted by molar-refractivity contribution is 0.103. The predicted octanol–water partition coefficient (Wildman–Crippen LogP) is 3.47. The van der Waals surface area contributed by atoms with Gasteiger partial charge in [0.2, 0.25) is 0 Å². The van der Waals surface area contributed by atoms with Crippen LogP contribution in [0.15, 0.2) is 47.6 Å². The highest BCUT2D eigenvalue weighted by atomic mass is 19.1. The van der Waals surface area contributed by atoms with Crippen LogP contribution >= 0.6 is 0 Å². The summed E-state index contributed by atoms with van der Waals surface area (Å²) in [4.78, 5) is 22.9. The molecule has 0 aliphatic rings. The van der Waals surface area contributed by atoms with Gasteiger partial charge in [0, 0.05) is 11.3 Å². The van der Waals surface area contributed by atoms with Crippen molar-refractivity contribution in [2.24, 2.45) is 5.18 Å². The Hall–Kier alpha value is -2.56. The van der Waals surface area contributed by atoms with E-state index in [1.807, 2.05) is 0 Å². The highest BCUT2D eigenvalue weighted by Crippen LogP contribution is 2.24. The Morgan fingerprint density at radius 3 is 2.55 bits per heavy atom. The molecule has 2 N–H and O–H groups in total. The lowest BCUT2D eigenvalue weighted by atomic mass is 9.97. The van der Waals surface area contributed by atoms with Crippen LogP contribution in [0.4, 0.5) is 10.1 Å². The Labute approximate surface area is 115 Å². The van der Waals surface area contributed by atoms with Gasteiger partial charge in [0.05, 0.1) is 5.56 Å². The van der Waals surface area contributed by atoms with Gasteiger partial charge in [-0.25, -0.2) is 4.39 Å². The molecule has 0 saturated heterocycles. The van der Waals surface area contributed by atoms with Crippen molar-refractivity contribution in [2.45, 2.75) is 13.0 Å². The van der Waals surface area contributed by atoms with Gasteiger partial charge in [-0.3, -0.25) is 4.79 Å². The van der Waals surface area contributed by atoms with E-state index in [0.717, 1.165) is 0 Å². The molecule has 4 nitrogen and oxygen atoms in total. The minimum Gasteiger partial charge on any atom is -0.398 e. The van der Waals surface area contributed by atoms with Crippen LogP contribution in [0.5, 0.6) is 0 Å². The average Bonchev–Trinajstić information content (AvgIpc) is 2.46. The zero-order valence-corrected chi connectivity index (χ0v) is 10.8. The summed E-state index contributed by atoms with van der Waals surface area (Å²) in [7, 11) is 0. The number of hydrogen-bond acceptors (Lipinski definition) is 4. The third kappa shape index (κ3) is 2.56. The number of hydrogen-bond donors (Lipinski definition) is 1.